The van der Waals surface area contributed by atoms with Gasteiger partial charge in [-0.25, -0.2) is 4.79 Å². The van der Waals surface area contributed by atoms with Crippen LogP contribution in [0.1, 0.15) is 16.2 Å². The third kappa shape index (κ3) is 2.52. The van der Waals surface area contributed by atoms with Crippen LogP contribution in [0.2, 0.25) is 0 Å². The summed E-state index contributed by atoms with van der Waals surface area (Å²) in [6.45, 7) is 1.75. The zero-order valence-electron chi connectivity index (χ0n) is 9.11. The fourth-order valence-corrected chi connectivity index (χ4v) is 0.919. The summed E-state index contributed by atoms with van der Waals surface area (Å²) < 4.78 is 4.56. The zero-order valence-corrected chi connectivity index (χ0v) is 9.11. The first-order chi connectivity index (χ1) is 7.06. The van der Waals surface area contributed by atoms with Crippen LogP contribution in [0.4, 0.5) is 5.69 Å². The van der Waals surface area contributed by atoms with Gasteiger partial charge in [0.2, 0.25) is 0 Å². The molecule has 1 aromatic heterocycles. The van der Waals surface area contributed by atoms with Gasteiger partial charge in [0.15, 0.2) is 5.69 Å². The van der Waals surface area contributed by atoms with Crippen LogP contribution in [0.5, 0.6) is 0 Å². The van der Waals surface area contributed by atoms with Gasteiger partial charge >= 0.3 is 5.97 Å². The number of nitrogens with one attached hydrogen (secondary N) is 1. The second-order valence-corrected chi connectivity index (χ2v) is 3.07. The van der Waals surface area contributed by atoms with Crippen molar-refractivity contribution in [2.45, 2.75) is 6.92 Å². The maximum absolute atomic E-state index is 11.3. The molecule has 0 bridgehead atoms. The van der Waals surface area contributed by atoms with E-state index in [1.54, 1.807) is 21.0 Å². The number of aromatic nitrogens is 2. The molecule has 7 nitrogen and oxygen atoms in total. The first-order valence-corrected chi connectivity index (χ1v) is 4.28. The van der Waals surface area contributed by atoms with Crippen molar-refractivity contribution >= 4 is 11.7 Å². The number of carbonyl (C=O) groups is 1. The lowest BCUT2D eigenvalue weighted by Crippen LogP contribution is -2.02. The Kier molecular flexibility index (Phi) is 3.37. The number of H-pyrrole nitrogens is 1. The van der Waals surface area contributed by atoms with Crippen molar-refractivity contribution in [2.75, 3.05) is 21.2 Å². The lowest BCUT2D eigenvalue weighted by Gasteiger charge is -2.00. The normalized spacial score (nSPS) is 10.7. The minimum Gasteiger partial charge on any atom is -0.464 e. The molecule has 0 atom stereocenters. The highest BCUT2D eigenvalue weighted by Gasteiger charge is 2.18. The van der Waals surface area contributed by atoms with Crippen LogP contribution in [0.15, 0.2) is 10.3 Å². The van der Waals surface area contributed by atoms with Gasteiger partial charge < -0.3 is 4.74 Å². The summed E-state index contributed by atoms with van der Waals surface area (Å²) in [6, 6.07) is 0. The van der Waals surface area contributed by atoms with Gasteiger partial charge in [-0.2, -0.15) is 5.10 Å². The number of hydrogen-bond donors (Lipinski definition) is 1. The molecule has 0 radical (unpaired) electrons. The molecule has 0 aliphatic heterocycles. The van der Waals surface area contributed by atoms with Gasteiger partial charge in [-0.05, 0) is 6.92 Å². The van der Waals surface area contributed by atoms with Gasteiger partial charge in [0, 0.05) is 14.1 Å². The SMILES string of the molecule is COC(=O)c1n[nH]c(C)c1N=NN(C)C. The number of ether oxygens (including phenoxy) is 1. The van der Waals surface area contributed by atoms with Gasteiger partial charge in [-0.15, -0.1) is 5.11 Å². The number of hydrogen-bond acceptors (Lipinski definition) is 5. The Morgan fingerprint density at radius 3 is 2.73 bits per heavy atom. The molecule has 0 unspecified atom stereocenters. The molecule has 0 spiro atoms. The molecule has 15 heavy (non-hydrogen) atoms. The van der Waals surface area contributed by atoms with E-state index < -0.39 is 5.97 Å². The largest absolute Gasteiger partial charge is 0.464 e. The van der Waals surface area contributed by atoms with E-state index in [9.17, 15) is 4.79 Å². The second kappa shape index (κ2) is 4.54. The summed E-state index contributed by atoms with van der Waals surface area (Å²) in [4.78, 5) is 11.3. The summed E-state index contributed by atoms with van der Waals surface area (Å²) in [5.41, 5.74) is 1.21. The second-order valence-electron chi connectivity index (χ2n) is 3.07. The van der Waals surface area contributed by atoms with Crippen molar-refractivity contribution < 1.29 is 9.53 Å². The molecule has 0 amide bonds. The molecule has 0 saturated heterocycles. The third-order valence-corrected chi connectivity index (χ3v) is 1.62. The van der Waals surface area contributed by atoms with Crippen LogP contribution in [0, 0.1) is 6.92 Å². The van der Waals surface area contributed by atoms with Crippen LogP contribution >= 0.6 is 0 Å². The molecule has 82 valence electrons. The first-order valence-electron chi connectivity index (χ1n) is 4.28. The van der Waals surface area contributed by atoms with Crippen LogP contribution in [0.25, 0.3) is 0 Å². The summed E-state index contributed by atoms with van der Waals surface area (Å²) in [7, 11) is 4.76. The fraction of sp³-hybridized carbons (Fsp3) is 0.500. The Morgan fingerprint density at radius 2 is 2.20 bits per heavy atom. The van der Waals surface area contributed by atoms with Crippen molar-refractivity contribution in [3.63, 3.8) is 0 Å². The average molecular weight is 211 g/mol. The van der Waals surface area contributed by atoms with Crippen LogP contribution in [0.3, 0.4) is 0 Å². The molecule has 1 aromatic rings. The predicted octanol–water partition coefficient (Wildman–Crippen LogP) is 1.07. The Labute approximate surface area is 87.1 Å². The predicted molar refractivity (Wildman–Crippen MR) is 52.9 cm³/mol. The van der Waals surface area contributed by atoms with E-state index in [0.29, 0.717) is 11.4 Å². The van der Waals surface area contributed by atoms with Crippen molar-refractivity contribution in [1.82, 2.24) is 15.2 Å². The Balaban J connectivity index is 3.04. The molecule has 0 saturated carbocycles. The molecule has 0 fully saturated rings. The molecule has 0 aliphatic carbocycles. The van der Waals surface area contributed by atoms with Crippen LogP contribution in [-0.2, 0) is 4.74 Å². The maximum atomic E-state index is 11.3. The van der Waals surface area contributed by atoms with Gasteiger partial charge in [0.25, 0.3) is 0 Å². The quantitative estimate of drug-likeness (QED) is 0.460. The number of nitrogens with zero attached hydrogens (tertiary/aromatic N) is 4. The van der Waals surface area contributed by atoms with Gasteiger partial charge in [-0.3, -0.25) is 10.1 Å². The lowest BCUT2D eigenvalue weighted by molar-refractivity contribution is 0.0595. The number of rotatable bonds is 3. The molecule has 1 heterocycles. The number of esters is 1. The Morgan fingerprint density at radius 1 is 1.53 bits per heavy atom. The third-order valence-electron chi connectivity index (χ3n) is 1.62. The van der Waals surface area contributed by atoms with E-state index in [2.05, 4.69) is 25.3 Å². The van der Waals surface area contributed by atoms with Crippen LogP contribution in [-0.4, -0.2) is 42.4 Å². The highest BCUT2D eigenvalue weighted by Crippen LogP contribution is 2.22. The van der Waals surface area contributed by atoms with Crippen LogP contribution < -0.4 is 0 Å². The highest BCUT2D eigenvalue weighted by molar-refractivity contribution is 5.92. The van der Waals surface area contributed by atoms with Gasteiger partial charge in [0.05, 0.1) is 12.8 Å². The molecule has 0 aromatic carbocycles. The average Bonchev–Trinajstić information content (AvgIpc) is 2.55. The Hall–Kier alpha value is -1.92. The van der Waals surface area contributed by atoms with Crippen molar-refractivity contribution in [2.24, 2.45) is 10.3 Å². The number of aromatic amines is 1. The zero-order chi connectivity index (χ0) is 11.4. The number of carbonyl (C=O) groups excluding carboxylic acids is 1. The summed E-state index contributed by atoms with van der Waals surface area (Å²) in [6.07, 6.45) is 0. The molecule has 7 heteroatoms. The minimum absolute atomic E-state index is 0.139. The van der Waals surface area contributed by atoms with Crippen molar-refractivity contribution in [1.29, 1.82) is 0 Å². The van der Waals surface area contributed by atoms with E-state index >= 15 is 0 Å². The lowest BCUT2D eigenvalue weighted by atomic mass is 10.3. The summed E-state index contributed by atoms with van der Waals surface area (Å²) in [5.74, 6) is -0.535. The van der Waals surface area contributed by atoms with E-state index in [4.69, 9.17) is 0 Å². The fourth-order valence-electron chi connectivity index (χ4n) is 0.919. The molecule has 1 N–H and O–H groups in total. The van der Waals surface area contributed by atoms with E-state index in [1.165, 1.54) is 12.1 Å². The van der Waals surface area contributed by atoms with Crippen molar-refractivity contribution in [3.8, 4) is 0 Å². The van der Waals surface area contributed by atoms with Gasteiger partial charge in [0.1, 0.15) is 5.69 Å². The number of aryl methyl sites for hydroxylation is 1. The highest BCUT2D eigenvalue weighted by atomic mass is 16.5. The van der Waals surface area contributed by atoms with Crippen molar-refractivity contribution in [3.05, 3.63) is 11.4 Å². The molecular weight excluding hydrogens is 198 g/mol. The number of methoxy groups -OCH3 is 1. The van der Waals surface area contributed by atoms with E-state index in [0.717, 1.165) is 0 Å². The monoisotopic (exact) mass is 211 g/mol. The molecule has 1 rings (SSSR count). The molecule has 0 aliphatic rings. The molecular formula is C8H13N5O2. The maximum Gasteiger partial charge on any atom is 0.360 e. The van der Waals surface area contributed by atoms with E-state index in [1.807, 2.05) is 0 Å². The first kappa shape index (κ1) is 11.2. The smallest absolute Gasteiger partial charge is 0.360 e. The topological polar surface area (TPSA) is 82.9 Å². The summed E-state index contributed by atoms with van der Waals surface area (Å²) in [5, 5.41) is 15.7. The van der Waals surface area contributed by atoms with Gasteiger partial charge in [-0.1, -0.05) is 5.22 Å². The Bertz CT molecular complexity index is 382. The summed E-state index contributed by atoms with van der Waals surface area (Å²) >= 11 is 0. The standard InChI is InChI=1S/C8H13N5O2/c1-5-6(11-12-13(2)3)7(10-9-5)8(14)15-4/h1-4H3,(H,9,10). The minimum atomic E-state index is -0.535. The van der Waals surface area contributed by atoms with E-state index in [-0.39, 0.29) is 5.69 Å².